The molecule has 88 valence electrons. The zero-order chi connectivity index (χ0) is 11.4. The number of hydrogen-bond donors (Lipinski definition) is 0. The lowest BCUT2D eigenvalue weighted by Crippen LogP contribution is -2.23. The fraction of sp³-hybridized carbons (Fsp3) is 0.692. The van der Waals surface area contributed by atoms with E-state index in [0.29, 0.717) is 0 Å². The van der Waals surface area contributed by atoms with Gasteiger partial charge in [0.25, 0.3) is 0 Å². The van der Waals surface area contributed by atoms with E-state index in [1.807, 2.05) is 6.20 Å². The van der Waals surface area contributed by atoms with Crippen LogP contribution in [0.1, 0.15) is 33.1 Å². The predicted octanol–water partition coefficient (Wildman–Crippen LogP) is 2.74. The van der Waals surface area contributed by atoms with E-state index in [2.05, 4.69) is 28.7 Å². The Bertz CT molecular complexity index is 308. The van der Waals surface area contributed by atoms with Crippen molar-refractivity contribution in [2.24, 2.45) is 11.8 Å². The Morgan fingerprint density at radius 1 is 1.38 bits per heavy atom. The molecule has 0 amide bonds. The standard InChI is InChI=1S/C13H21N3/c1-3-11(4-2)12-5-8-16(10-12)13-9-14-6-7-15-13/h6-7,9,11-12H,3-5,8,10H2,1-2H3. The lowest BCUT2D eigenvalue weighted by molar-refractivity contribution is 0.339. The molecule has 0 radical (unpaired) electrons. The van der Waals surface area contributed by atoms with Gasteiger partial charge in [-0.15, -0.1) is 0 Å². The van der Waals surface area contributed by atoms with E-state index < -0.39 is 0 Å². The Morgan fingerprint density at radius 2 is 2.19 bits per heavy atom. The highest BCUT2D eigenvalue weighted by atomic mass is 15.2. The third-order valence-electron chi connectivity index (χ3n) is 3.81. The molecule has 1 fully saturated rings. The van der Waals surface area contributed by atoms with Crippen LogP contribution in [0.4, 0.5) is 5.82 Å². The maximum atomic E-state index is 4.37. The Morgan fingerprint density at radius 3 is 2.81 bits per heavy atom. The molecule has 2 rings (SSSR count). The van der Waals surface area contributed by atoms with Crippen LogP contribution in [0.2, 0.25) is 0 Å². The predicted molar refractivity (Wildman–Crippen MR) is 66.4 cm³/mol. The van der Waals surface area contributed by atoms with Crippen molar-refractivity contribution < 1.29 is 0 Å². The zero-order valence-electron chi connectivity index (χ0n) is 10.3. The van der Waals surface area contributed by atoms with Gasteiger partial charge < -0.3 is 4.90 Å². The minimum absolute atomic E-state index is 0.844. The molecule has 0 aliphatic carbocycles. The van der Waals surface area contributed by atoms with E-state index in [4.69, 9.17) is 0 Å². The van der Waals surface area contributed by atoms with Crippen molar-refractivity contribution in [1.29, 1.82) is 0 Å². The largest absolute Gasteiger partial charge is 0.355 e. The first-order chi connectivity index (χ1) is 7.85. The normalized spacial score (nSPS) is 20.7. The molecule has 1 saturated heterocycles. The highest BCUT2D eigenvalue weighted by Gasteiger charge is 2.28. The van der Waals surface area contributed by atoms with Crippen LogP contribution < -0.4 is 4.90 Å². The van der Waals surface area contributed by atoms with Crippen molar-refractivity contribution in [1.82, 2.24) is 9.97 Å². The molecule has 1 aromatic heterocycles. The Hall–Kier alpha value is -1.12. The van der Waals surface area contributed by atoms with Crippen molar-refractivity contribution in [2.45, 2.75) is 33.1 Å². The maximum Gasteiger partial charge on any atom is 0.147 e. The van der Waals surface area contributed by atoms with Crippen LogP contribution >= 0.6 is 0 Å². The lowest BCUT2D eigenvalue weighted by Gasteiger charge is -2.21. The molecule has 0 bridgehead atoms. The summed E-state index contributed by atoms with van der Waals surface area (Å²) < 4.78 is 0. The zero-order valence-corrected chi connectivity index (χ0v) is 10.3. The molecule has 0 N–H and O–H groups in total. The molecule has 1 unspecified atom stereocenters. The van der Waals surface area contributed by atoms with Crippen molar-refractivity contribution in [3.8, 4) is 0 Å². The third kappa shape index (κ3) is 2.34. The summed E-state index contributed by atoms with van der Waals surface area (Å²) in [4.78, 5) is 10.9. The third-order valence-corrected chi connectivity index (χ3v) is 3.81. The van der Waals surface area contributed by atoms with Crippen LogP contribution in [0.25, 0.3) is 0 Å². The average Bonchev–Trinajstić information content (AvgIpc) is 2.81. The second-order valence-electron chi connectivity index (χ2n) is 4.63. The van der Waals surface area contributed by atoms with E-state index in [0.717, 1.165) is 30.7 Å². The van der Waals surface area contributed by atoms with Gasteiger partial charge in [-0.3, -0.25) is 4.98 Å². The number of hydrogen-bond acceptors (Lipinski definition) is 3. The van der Waals surface area contributed by atoms with Crippen LogP contribution in [0, 0.1) is 11.8 Å². The van der Waals surface area contributed by atoms with Gasteiger partial charge in [0.1, 0.15) is 5.82 Å². The molecule has 3 heteroatoms. The van der Waals surface area contributed by atoms with Crippen molar-refractivity contribution in [3.63, 3.8) is 0 Å². The molecule has 0 saturated carbocycles. The molecule has 0 aromatic carbocycles. The summed E-state index contributed by atoms with van der Waals surface area (Å²) in [6, 6.07) is 0. The summed E-state index contributed by atoms with van der Waals surface area (Å²) >= 11 is 0. The molecule has 1 aliphatic heterocycles. The van der Waals surface area contributed by atoms with E-state index in [1.54, 1.807) is 12.4 Å². The molecular formula is C13H21N3. The minimum Gasteiger partial charge on any atom is -0.355 e. The van der Waals surface area contributed by atoms with Crippen LogP contribution in [0.15, 0.2) is 18.6 Å². The van der Waals surface area contributed by atoms with E-state index in [9.17, 15) is 0 Å². The fourth-order valence-electron chi connectivity index (χ4n) is 2.79. The first-order valence-electron chi connectivity index (χ1n) is 6.36. The van der Waals surface area contributed by atoms with Crippen LogP contribution in [-0.4, -0.2) is 23.1 Å². The molecule has 1 aliphatic rings. The van der Waals surface area contributed by atoms with Gasteiger partial charge in [0.05, 0.1) is 6.20 Å². The summed E-state index contributed by atoms with van der Waals surface area (Å²) in [5, 5.41) is 0. The van der Waals surface area contributed by atoms with Crippen LogP contribution in [0.5, 0.6) is 0 Å². The second-order valence-corrected chi connectivity index (χ2v) is 4.63. The van der Waals surface area contributed by atoms with Crippen molar-refractivity contribution >= 4 is 5.82 Å². The summed E-state index contributed by atoms with van der Waals surface area (Å²) in [7, 11) is 0. The highest BCUT2D eigenvalue weighted by Crippen LogP contribution is 2.30. The average molecular weight is 219 g/mol. The molecule has 1 atom stereocenters. The Kier molecular flexibility index (Phi) is 3.75. The number of anilines is 1. The molecular weight excluding hydrogens is 198 g/mol. The topological polar surface area (TPSA) is 29.0 Å². The van der Waals surface area contributed by atoms with E-state index >= 15 is 0 Å². The quantitative estimate of drug-likeness (QED) is 0.779. The number of nitrogens with zero attached hydrogens (tertiary/aromatic N) is 3. The van der Waals surface area contributed by atoms with Gasteiger partial charge in [0.15, 0.2) is 0 Å². The van der Waals surface area contributed by atoms with Gasteiger partial charge in [0, 0.05) is 25.5 Å². The first kappa shape index (κ1) is 11.4. The molecule has 3 nitrogen and oxygen atoms in total. The highest BCUT2D eigenvalue weighted by molar-refractivity contribution is 5.36. The summed E-state index contributed by atoms with van der Waals surface area (Å²) in [5.74, 6) is 2.76. The Balaban J connectivity index is 1.98. The van der Waals surface area contributed by atoms with Gasteiger partial charge in [0.2, 0.25) is 0 Å². The minimum atomic E-state index is 0.844. The van der Waals surface area contributed by atoms with Gasteiger partial charge in [-0.05, 0) is 18.3 Å². The van der Waals surface area contributed by atoms with Crippen LogP contribution in [0.3, 0.4) is 0 Å². The second kappa shape index (κ2) is 5.28. The molecule has 1 aromatic rings. The smallest absolute Gasteiger partial charge is 0.147 e. The first-order valence-corrected chi connectivity index (χ1v) is 6.36. The molecule has 16 heavy (non-hydrogen) atoms. The van der Waals surface area contributed by atoms with Gasteiger partial charge in [-0.1, -0.05) is 26.7 Å². The van der Waals surface area contributed by atoms with Crippen LogP contribution in [-0.2, 0) is 0 Å². The Labute approximate surface area is 97.9 Å². The fourth-order valence-corrected chi connectivity index (χ4v) is 2.79. The van der Waals surface area contributed by atoms with Crippen molar-refractivity contribution in [2.75, 3.05) is 18.0 Å². The summed E-state index contributed by atoms with van der Waals surface area (Å²) in [5.41, 5.74) is 0. The SMILES string of the molecule is CCC(CC)C1CCN(c2cnccn2)C1. The monoisotopic (exact) mass is 219 g/mol. The van der Waals surface area contributed by atoms with E-state index in [1.165, 1.54) is 19.3 Å². The summed E-state index contributed by atoms with van der Waals surface area (Å²) in [6.45, 7) is 6.91. The number of aromatic nitrogens is 2. The molecule has 2 heterocycles. The van der Waals surface area contributed by atoms with Crippen molar-refractivity contribution in [3.05, 3.63) is 18.6 Å². The summed E-state index contributed by atoms with van der Waals surface area (Å²) in [6.07, 6.45) is 9.29. The number of rotatable bonds is 4. The van der Waals surface area contributed by atoms with Gasteiger partial charge >= 0.3 is 0 Å². The maximum absolute atomic E-state index is 4.37. The van der Waals surface area contributed by atoms with E-state index in [-0.39, 0.29) is 0 Å². The molecule has 0 spiro atoms. The van der Waals surface area contributed by atoms with Gasteiger partial charge in [-0.25, -0.2) is 4.98 Å². The lowest BCUT2D eigenvalue weighted by atomic mass is 9.87. The van der Waals surface area contributed by atoms with Gasteiger partial charge in [-0.2, -0.15) is 0 Å².